The molecule has 18 heavy (non-hydrogen) atoms. The highest BCUT2D eigenvalue weighted by Crippen LogP contribution is 2.33. The second-order valence-electron chi connectivity index (χ2n) is 4.96. The van der Waals surface area contributed by atoms with E-state index in [9.17, 15) is 4.79 Å². The quantitative estimate of drug-likeness (QED) is 0.872. The minimum Gasteiger partial charge on any atom is -0.397 e. The van der Waals surface area contributed by atoms with Crippen molar-refractivity contribution < 1.29 is 4.79 Å². The average molecular weight is 261 g/mol. The summed E-state index contributed by atoms with van der Waals surface area (Å²) in [5.41, 5.74) is 6.60. The van der Waals surface area contributed by atoms with Crippen molar-refractivity contribution in [2.75, 3.05) is 5.73 Å². The van der Waals surface area contributed by atoms with E-state index in [1.165, 1.54) is 11.3 Å². The normalized spacial score (nSPS) is 22.7. The van der Waals surface area contributed by atoms with Gasteiger partial charge in [-0.3, -0.25) is 9.78 Å². The minimum atomic E-state index is -0.0504. The van der Waals surface area contributed by atoms with E-state index >= 15 is 0 Å². The lowest BCUT2D eigenvalue weighted by molar-refractivity contribution is 0.0901. The standard InChI is InChI=1S/C13H15N3OS/c1-7-4-8(5-7)16-13(17)12-11(14)9-2-3-15-6-10(9)18-12/h2-3,6-8H,4-5,14H2,1H3,(H,16,17). The van der Waals surface area contributed by atoms with E-state index in [1.807, 2.05) is 6.07 Å². The van der Waals surface area contributed by atoms with Crippen molar-refractivity contribution in [2.45, 2.75) is 25.8 Å². The number of carbonyl (C=O) groups is 1. The number of hydrogen-bond acceptors (Lipinski definition) is 4. The van der Waals surface area contributed by atoms with Crippen LogP contribution in [-0.2, 0) is 0 Å². The van der Waals surface area contributed by atoms with Gasteiger partial charge in [-0.15, -0.1) is 11.3 Å². The number of nitrogens with zero attached hydrogens (tertiary/aromatic N) is 1. The van der Waals surface area contributed by atoms with Gasteiger partial charge in [-0.25, -0.2) is 0 Å². The number of fused-ring (bicyclic) bond motifs is 1. The van der Waals surface area contributed by atoms with E-state index in [0.717, 1.165) is 28.8 Å². The summed E-state index contributed by atoms with van der Waals surface area (Å²) in [6, 6.07) is 2.17. The maximum atomic E-state index is 12.1. The van der Waals surface area contributed by atoms with Crippen LogP contribution in [0.5, 0.6) is 0 Å². The molecule has 1 aliphatic carbocycles. The molecule has 1 aliphatic rings. The molecule has 1 amide bonds. The van der Waals surface area contributed by atoms with Gasteiger partial charge in [0.05, 0.1) is 10.4 Å². The van der Waals surface area contributed by atoms with Crippen molar-refractivity contribution in [3.8, 4) is 0 Å². The van der Waals surface area contributed by atoms with Gasteiger partial charge in [0, 0.05) is 23.8 Å². The number of nitrogen functional groups attached to an aromatic ring is 1. The second-order valence-corrected chi connectivity index (χ2v) is 6.02. The Morgan fingerprint density at radius 3 is 3.00 bits per heavy atom. The van der Waals surface area contributed by atoms with Gasteiger partial charge in [0.15, 0.2) is 0 Å². The van der Waals surface area contributed by atoms with Crippen LogP contribution in [0, 0.1) is 5.92 Å². The summed E-state index contributed by atoms with van der Waals surface area (Å²) < 4.78 is 0.960. The lowest BCUT2D eigenvalue weighted by atomic mass is 9.82. The van der Waals surface area contributed by atoms with Crippen LogP contribution in [0.4, 0.5) is 5.69 Å². The van der Waals surface area contributed by atoms with Gasteiger partial charge in [-0.1, -0.05) is 6.92 Å². The van der Waals surface area contributed by atoms with Gasteiger partial charge >= 0.3 is 0 Å². The van der Waals surface area contributed by atoms with Crippen LogP contribution >= 0.6 is 11.3 Å². The van der Waals surface area contributed by atoms with Gasteiger partial charge in [0.1, 0.15) is 4.88 Å². The maximum absolute atomic E-state index is 12.1. The first-order valence-electron chi connectivity index (χ1n) is 6.08. The summed E-state index contributed by atoms with van der Waals surface area (Å²) in [4.78, 5) is 16.8. The number of thiophene rings is 1. The van der Waals surface area contributed by atoms with Crippen LogP contribution < -0.4 is 11.1 Å². The first-order valence-corrected chi connectivity index (χ1v) is 6.89. The molecular weight excluding hydrogens is 246 g/mol. The third-order valence-corrected chi connectivity index (χ3v) is 4.60. The first-order chi connectivity index (χ1) is 8.65. The van der Waals surface area contributed by atoms with Crippen molar-refractivity contribution in [1.29, 1.82) is 0 Å². The smallest absolute Gasteiger partial charge is 0.263 e. The van der Waals surface area contributed by atoms with E-state index in [0.29, 0.717) is 16.6 Å². The Hall–Kier alpha value is -1.62. The zero-order valence-corrected chi connectivity index (χ0v) is 11.0. The fourth-order valence-corrected chi connectivity index (χ4v) is 3.40. The number of amides is 1. The molecule has 0 bridgehead atoms. The highest BCUT2D eigenvalue weighted by atomic mass is 32.1. The summed E-state index contributed by atoms with van der Waals surface area (Å²) in [5, 5.41) is 3.95. The molecule has 94 valence electrons. The number of rotatable bonds is 2. The number of aromatic nitrogens is 1. The van der Waals surface area contributed by atoms with Crippen molar-refractivity contribution in [2.24, 2.45) is 5.92 Å². The van der Waals surface area contributed by atoms with E-state index < -0.39 is 0 Å². The highest BCUT2D eigenvalue weighted by molar-refractivity contribution is 7.21. The fraction of sp³-hybridized carbons (Fsp3) is 0.385. The highest BCUT2D eigenvalue weighted by Gasteiger charge is 2.28. The van der Waals surface area contributed by atoms with Gasteiger partial charge in [0.2, 0.25) is 0 Å². The lowest BCUT2D eigenvalue weighted by Gasteiger charge is -2.33. The number of pyridine rings is 1. The molecule has 0 unspecified atom stereocenters. The molecule has 0 saturated heterocycles. The van der Waals surface area contributed by atoms with Gasteiger partial charge < -0.3 is 11.1 Å². The molecule has 3 rings (SSSR count). The van der Waals surface area contributed by atoms with E-state index in [-0.39, 0.29) is 5.91 Å². The van der Waals surface area contributed by atoms with E-state index in [2.05, 4.69) is 17.2 Å². The third-order valence-electron chi connectivity index (χ3n) is 3.45. The first kappa shape index (κ1) is 11.5. The lowest BCUT2D eigenvalue weighted by Crippen LogP contribution is -2.43. The number of nitrogens with one attached hydrogen (secondary N) is 1. The summed E-state index contributed by atoms with van der Waals surface area (Å²) in [5.74, 6) is 0.671. The summed E-state index contributed by atoms with van der Waals surface area (Å²) >= 11 is 1.41. The predicted molar refractivity (Wildman–Crippen MR) is 73.7 cm³/mol. The number of nitrogens with two attached hydrogens (primary N) is 1. The van der Waals surface area contributed by atoms with Crippen LogP contribution in [0.25, 0.3) is 10.1 Å². The Morgan fingerprint density at radius 1 is 1.56 bits per heavy atom. The maximum Gasteiger partial charge on any atom is 0.263 e. The van der Waals surface area contributed by atoms with Crippen molar-refractivity contribution in [3.63, 3.8) is 0 Å². The Kier molecular flexibility index (Phi) is 2.70. The van der Waals surface area contributed by atoms with Crippen LogP contribution in [0.15, 0.2) is 18.5 Å². The van der Waals surface area contributed by atoms with Crippen LogP contribution in [0.1, 0.15) is 29.4 Å². The fourth-order valence-electron chi connectivity index (χ4n) is 2.41. The molecule has 1 saturated carbocycles. The zero-order chi connectivity index (χ0) is 12.7. The molecular formula is C13H15N3OS. The molecule has 0 aliphatic heterocycles. The molecule has 1 fully saturated rings. The average Bonchev–Trinajstić information content (AvgIpc) is 2.66. The molecule has 3 N–H and O–H groups in total. The third kappa shape index (κ3) is 1.84. The van der Waals surface area contributed by atoms with Crippen molar-refractivity contribution in [3.05, 3.63) is 23.3 Å². The second kappa shape index (κ2) is 4.24. The van der Waals surface area contributed by atoms with E-state index in [4.69, 9.17) is 5.73 Å². The molecule has 0 spiro atoms. The van der Waals surface area contributed by atoms with Crippen molar-refractivity contribution >= 4 is 33.0 Å². The number of hydrogen-bond donors (Lipinski definition) is 2. The molecule has 2 aromatic rings. The van der Waals surface area contributed by atoms with Crippen molar-refractivity contribution in [1.82, 2.24) is 10.3 Å². The molecule has 0 atom stereocenters. The van der Waals surface area contributed by atoms with Gasteiger partial charge in [0.25, 0.3) is 5.91 Å². The van der Waals surface area contributed by atoms with Gasteiger partial charge in [-0.05, 0) is 24.8 Å². The Labute approximate surface area is 109 Å². The zero-order valence-electron chi connectivity index (χ0n) is 10.1. The molecule has 2 heterocycles. The SMILES string of the molecule is CC1CC(NC(=O)c2sc3cnccc3c2N)C1. The molecule has 0 radical (unpaired) electrons. The van der Waals surface area contributed by atoms with E-state index in [1.54, 1.807) is 12.4 Å². The Balaban J connectivity index is 1.85. The van der Waals surface area contributed by atoms with Crippen LogP contribution in [0.2, 0.25) is 0 Å². The van der Waals surface area contributed by atoms with Gasteiger partial charge in [-0.2, -0.15) is 0 Å². The monoisotopic (exact) mass is 261 g/mol. The number of anilines is 1. The molecule has 2 aromatic heterocycles. The Bertz CT molecular complexity index is 601. The number of carbonyl (C=O) groups excluding carboxylic acids is 1. The molecule has 5 heteroatoms. The summed E-state index contributed by atoms with van der Waals surface area (Å²) in [7, 11) is 0. The Morgan fingerprint density at radius 2 is 2.33 bits per heavy atom. The summed E-state index contributed by atoms with van der Waals surface area (Å²) in [6.45, 7) is 2.20. The van der Waals surface area contributed by atoms with Crippen LogP contribution in [0.3, 0.4) is 0 Å². The molecule has 0 aromatic carbocycles. The topological polar surface area (TPSA) is 68.0 Å². The molecule has 4 nitrogen and oxygen atoms in total. The minimum absolute atomic E-state index is 0.0504. The largest absolute Gasteiger partial charge is 0.397 e. The van der Waals surface area contributed by atoms with Crippen LogP contribution in [-0.4, -0.2) is 16.9 Å². The predicted octanol–water partition coefficient (Wildman–Crippen LogP) is 2.41. The summed E-state index contributed by atoms with van der Waals surface area (Å²) in [6.07, 6.45) is 5.58.